The predicted molar refractivity (Wildman–Crippen MR) is 63.3 cm³/mol. The molecule has 0 radical (unpaired) electrons. The first-order valence-electron chi connectivity index (χ1n) is 6.22. The van der Waals surface area contributed by atoms with Crippen molar-refractivity contribution in [2.45, 2.75) is 57.7 Å². The highest BCUT2D eigenvalue weighted by Crippen LogP contribution is 2.14. The first-order valence-corrected chi connectivity index (χ1v) is 6.76. The fraction of sp³-hybridized carbons (Fsp3) is 1.00. The molecule has 3 heteroatoms. The molecule has 0 aliphatic carbocycles. The maximum absolute atomic E-state index is 5.64. The highest BCUT2D eigenvalue weighted by Gasteiger charge is 2.12. The molecule has 1 aliphatic rings. The Morgan fingerprint density at radius 3 is 2.60 bits per heavy atom. The summed E-state index contributed by atoms with van der Waals surface area (Å²) in [7, 11) is 0. The van der Waals surface area contributed by atoms with Gasteiger partial charge in [-0.3, -0.25) is 0 Å². The second kappa shape index (κ2) is 9.44. The second-order valence-electron chi connectivity index (χ2n) is 4.12. The van der Waals surface area contributed by atoms with Gasteiger partial charge in [0.2, 0.25) is 0 Å². The molecule has 1 atom stereocenters. The number of rotatable bonds is 8. The molecule has 90 valence electrons. The summed E-state index contributed by atoms with van der Waals surface area (Å²) in [5, 5.41) is 0. The average molecular weight is 235 g/mol. The number of ether oxygens (including phenoxy) is 2. The van der Waals surface area contributed by atoms with Crippen LogP contribution in [0, 0.1) is 0 Å². The van der Waals surface area contributed by atoms with Crippen LogP contribution < -0.4 is 0 Å². The molecule has 0 N–H and O–H groups in total. The van der Waals surface area contributed by atoms with E-state index in [2.05, 4.69) is 0 Å². The summed E-state index contributed by atoms with van der Waals surface area (Å²) in [5.41, 5.74) is 0. The third-order valence-corrected chi connectivity index (χ3v) is 2.99. The lowest BCUT2D eigenvalue weighted by atomic mass is 10.1. The van der Waals surface area contributed by atoms with Gasteiger partial charge in [0, 0.05) is 19.1 Å². The van der Waals surface area contributed by atoms with Crippen LogP contribution in [0.4, 0.5) is 0 Å². The van der Waals surface area contributed by atoms with Gasteiger partial charge in [0.05, 0.1) is 0 Å². The van der Waals surface area contributed by atoms with Crippen molar-refractivity contribution in [1.29, 1.82) is 0 Å². The Labute approximate surface area is 98.3 Å². The zero-order valence-electron chi connectivity index (χ0n) is 9.55. The molecule has 0 amide bonds. The van der Waals surface area contributed by atoms with Gasteiger partial charge < -0.3 is 9.47 Å². The molecule has 1 unspecified atom stereocenters. The molecule has 0 saturated carbocycles. The van der Waals surface area contributed by atoms with E-state index in [9.17, 15) is 0 Å². The maximum atomic E-state index is 5.64. The molecule has 0 spiro atoms. The second-order valence-corrected chi connectivity index (χ2v) is 4.50. The molecule has 1 saturated heterocycles. The van der Waals surface area contributed by atoms with Gasteiger partial charge in [0.25, 0.3) is 0 Å². The van der Waals surface area contributed by atoms with Gasteiger partial charge >= 0.3 is 0 Å². The Kier molecular flexibility index (Phi) is 8.35. The molecule has 1 aliphatic heterocycles. The van der Waals surface area contributed by atoms with Crippen molar-refractivity contribution < 1.29 is 9.47 Å². The van der Waals surface area contributed by atoms with Gasteiger partial charge in [0.1, 0.15) is 0 Å². The first kappa shape index (κ1) is 13.3. The van der Waals surface area contributed by atoms with E-state index < -0.39 is 0 Å². The highest BCUT2D eigenvalue weighted by atomic mass is 35.5. The standard InChI is InChI=1S/C12H23ClO2/c13-9-5-2-1-3-6-10-14-12-8-4-7-11-15-12/h12H,1-11H2. The summed E-state index contributed by atoms with van der Waals surface area (Å²) < 4.78 is 11.1. The Morgan fingerprint density at radius 2 is 1.87 bits per heavy atom. The number of alkyl halides is 1. The Hall–Kier alpha value is 0.210. The Morgan fingerprint density at radius 1 is 1.07 bits per heavy atom. The third-order valence-electron chi connectivity index (χ3n) is 2.72. The highest BCUT2D eigenvalue weighted by molar-refractivity contribution is 6.17. The summed E-state index contributed by atoms with van der Waals surface area (Å²) in [4.78, 5) is 0. The number of unbranched alkanes of at least 4 members (excludes halogenated alkanes) is 4. The lowest BCUT2D eigenvalue weighted by Gasteiger charge is -2.22. The average Bonchev–Trinajstić information content (AvgIpc) is 2.29. The maximum Gasteiger partial charge on any atom is 0.157 e. The van der Waals surface area contributed by atoms with Crippen molar-refractivity contribution in [3.63, 3.8) is 0 Å². The van der Waals surface area contributed by atoms with Crippen LogP contribution in [0.25, 0.3) is 0 Å². The molecule has 15 heavy (non-hydrogen) atoms. The minimum Gasteiger partial charge on any atom is -0.353 e. The van der Waals surface area contributed by atoms with Crippen molar-refractivity contribution in [3.05, 3.63) is 0 Å². The van der Waals surface area contributed by atoms with E-state index in [0.717, 1.165) is 38.4 Å². The molecule has 1 heterocycles. The fourth-order valence-electron chi connectivity index (χ4n) is 1.78. The summed E-state index contributed by atoms with van der Waals surface area (Å²) >= 11 is 5.60. The molecule has 0 aromatic rings. The summed E-state index contributed by atoms with van der Waals surface area (Å²) in [6.07, 6.45) is 9.69. The van der Waals surface area contributed by atoms with E-state index in [0.29, 0.717) is 0 Å². The smallest absolute Gasteiger partial charge is 0.157 e. The quantitative estimate of drug-likeness (QED) is 0.471. The van der Waals surface area contributed by atoms with E-state index >= 15 is 0 Å². The normalized spacial score (nSPS) is 21.8. The van der Waals surface area contributed by atoms with Crippen molar-refractivity contribution >= 4 is 11.6 Å². The van der Waals surface area contributed by atoms with Gasteiger partial charge in [0.15, 0.2) is 6.29 Å². The van der Waals surface area contributed by atoms with Crippen molar-refractivity contribution in [2.75, 3.05) is 19.1 Å². The molecule has 2 nitrogen and oxygen atoms in total. The van der Waals surface area contributed by atoms with E-state index in [1.165, 1.54) is 32.1 Å². The molecule has 0 aromatic carbocycles. The van der Waals surface area contributed by atoms with Gasteiger partial charge in [-0.25, -0.2) is 0 Å². The SMILES string of the molecule is ClCCCCCCCOC1CCCCO1. The Bertz CT molecular complexity index is 136. The van der Waals surface area contributed by atoms with Crippen LogP contribution in [-0.2, 0) is 9.47 Å². The summed E-state index contributed by atoms with van der Waals surface area (Å²) in [5.74, 6) is 0.798. The third kappa shape index (κ3) is 7.15. The van der Waals surface area contributed by atoms with E-state index in [4.69, 9.17) is 21.1 Å². The zero-order valence-corrected chi connectivity index (χ0v) is 10.3. The molecule has 0 aromatic heterocycles. The van der Waals surface area contributed by atoms with Crippen LogP contribution in [0.1, 0.15) is 51.4 Å². The van der Waals surface area contributed by atoms with Gasteiger partial charge in [-0.05, 0) is 32.1 Å². The fourth-order valence-corrected chi connectivity index (χ4v) is 1.97. The Balaban J connectivity index is 1.79. The number of hydrogen-bond donors (Lipinski definition) is 0. The first-order chi connectivity index (χ1) is 7.43. The number of hydrogen-bond acceptors (Lipinski definition) is 2. The van der Waals surface area contributed by atoms with Crippen LogP contribution in [0.2, 0.25) is 0 Å². The van der Waals surface area contributed by atoms with Gasteiger partial charge in [-0.15, -0.1) is 11.6 Å². The molecule has 0 bridgehead atoms. The van der Waals surface area contributed by atoms with E-state index in [-0.39, 0.29) is 6.29 Å². The molecule has 1 fully saturated rings. The lowest BCUT2D eigenvalue weighted by Crippen LogP contribution is -2.22. The molecular formula is C12H23ClO2. The minimum absolute atomic E-state index is 0.0848. The van der Waals surface area contributed by atoms with Crippen LogP contribution in [0.3, 0.4) is 0 Å². The predicted octanol–water partition coefficient (Wildman–Crippen LogP) is 3.72. The largest absolute Gasteiger partial charge is 0.353 e. The van der Waals surface area contributed by atoms with Crippen molar-refractivity contribution in [3.8, 4) is 0 Å². The monoisotopic (exact) mass is 234 g/mol. The zero-order chi connectivity index (χ0) is 10.8. The molecular weight excluding hydrogens is 212 g/mol. The summed E-state index contributed by atoms with van der Waals surface area (Å²) in [6.45, 7) is 1.73. The van der Waals surface area contributed by atoms with E-state index in [1.807, 2.05) is 0 Å². The van der Waals surface area contributed by atoms with Crippen LogP contribution in [0.5, 0.6) is 0 Å². The van der Waals surface area contributed by atoms with Crippen LogP contribution >= 0.6 is 11.6 Å². The van der Waals surface area contributed by atoms with Crippen molar-refractivity contribution in [2.24, 2.45) is 0 Å². The summed E-state index contributed by atoms with van der Waals surface area (Å²) in [6, 6.07) is 0. The topological polar surface area (TPSA) is 18.5 Å². The van der Waals surface area contributed by atoms with Crippen LogP contribution in [0.15, 0.2) is 0 Å². The minimum atomic E-state index is 0.0848. The van der Waals surface area contributed by atoms with Gasteiger partial charge in [-0.2, -0.15) is 0 Å². The van der Waals surface area contributed by atoms with E-state index in [1.54, 1.807) is 0 Å². The van der Waals surface area contributed by atoms with Crippen LogP contribution in [-0.4, -0.2) is 25.4 Å². The lowest BCUT2D eigenvalue weighted by molar-refractivity contribution is -0.162. The molecule has 1 rings (SSSR count). The van der Waals surface area contributed by atoms with Crippen molar-refractivity contribution in [1.82, 2.24) is 0 Å². The van der Waals surface area contributed by atoms with Gasteiger partial charge in [-0.1, -0.05) is 19.3 Å². The number of halogens is 1.